The van der Waals surface area contributed by atoms with Crippen LogP contribution in [0.5, 0.6) is 0 Å². The van der Waals surface area contributed by atoms with Gasteiger partial charge in [-0.2, -0.15) is 0 Å². The Labute approximate surface area is 165 Å². The van der Waals surface area contributed by atoms with Crippen molar-refractivity contribution in [3.8, 4) is 0 Å². The van der Waals surface area contributed by atoms with Gasteiger partial charge in [0, 0.05) is 22.8 Å². The Morgan fingerprint density at radius 3 is 2.21 bits per heavy atom. The van der Waals surface area contributed by atoms with Crippen LogP contribution in [0.2, 0.25) is 5.02 Å². The molecule has 28 heavy (non-hydrogen) atoms. The monoisotopic (exact) mass is 426 g/mol. The van der Waals surface area contributed by atoms with Crippen LogP contribution in [-0.2, 0) is 14.8 Å². The van der Waals surface area contributed by atoms with Gasteiger partial charge in [0.05, 0.1) is 16.9 Å². The lowest BCUT2D eigenvalue weighted by Crippen LogP contribution is -2.28. The highest BCUT2D eigenvalue weighted by Gasteiger charge is 2.23. The summed E-state index contributed by atoms with van der Waals surface area (Å²) in [6.07, 6.45) is -0.478. The van der Waals surface area contributed by atoms with Crippen molar-refractivity contribution >= 4 is 45.2 Å². The summed E-state index contributed by atoms with van der Waals surface area (Å²) in [6.45, 7) is -0.419. The Hall–Kier alpha value is -2.95. The average molecular weight is 427 g/mol. The van der Waals surface area contributed by atoms with Crippen molar-refractivity contribution in [3.63, 3.8) is 0 Å². The van der Waals surface area contributed by atoms with Gasteiger partial charge in [-0.3, -0.25) is 9.59 Å². The minimum absolute atomic E-state index is 0.0450. The highest BCUT2D eigenvalue weighted by atomic mass is 35.5. The Bertz CT molecular complexity index is 1020. The van der Waals surface area contributed by atoms with E-state index in [0.29, 0.717) is 5.02 Å². The number of carbonyl (C=O) groups is 3. The van der Waals surface area contributed by atoms with E-state index in [2.05, 4.69) is 5.32 Å². The molecule has 148 valence electrons. The number of aromatic carboxylic acids is 1. The van der Waals surface area contributed by atoms with Crippen molar-refractivity contribution in [1.82, 2.24) is 4.72 Å². The van der Waals surface area contributed by atoms with Crippen LogP contribution in [0.15, 0.2) is 47.4 Å². The molecule has 0 aliphatic carbocycles. The molecule has 0 aliphatic rings. The third-order valence-electron chi connectivity index (χ3n) is 3.50. The number of rotatable bonds is 8. The highest BCUT2D eigenvalue weighted by Crippen LogP contribution is 2.22. The number of amides is 1. The number of nitrogens with one attached hydrogen (secondary N) is 2. The summed E-state index contributed by atoms with van der Waals surface area (Å²) >= 11 is 5.76. The Balaban J connectivity index is 2.31. The molecule has 0 heterocycles. The molecule has 0 saturated heterocycles. The summed E-state index contributed by atoms with van der Waals surface area (Å²) in [5.74, 6) is -3.26. The molecule has 0 aromatic heterocycles. The molecule has 0 spiro atoms. The van der Waals surface area contributed by atoms with Gasteiger partial charge >= 0.3 is 11.9 Å². The van der Waals surface area contributed by atoms with Crippen LogP contribution in [0.1, 0.15) is 27.1 Å². The third kappa shape index (κ3) is 5.52. The normalized spacial score (nSPS) is 11.0. The zero-order chi connectivity index (χ0) is 20.9. The van der Waals surface area contributed by atoms with E-state index in [9.17, 15) is 27.9 Å². The topological polar surface area (TPSA) is 150 Å². The largest absolute Gasteiger partial charge is 0.481 e. The molecule has 0 atom stereocenters. The van der Waals surface area contributed by atoms with Gasteiger partial charge in [-0.1, -0.05) is 11.6 Å². The first-order valence-electron chi connectivity index (χ1n) is 7.76. The number of anilines is 1. The van der Waals surface area contributed by atoms with E-state index >= 15 is 0 Å². The summed E-state index contributed by atoms with van der Waals surface area (Å²) in [5.41, 5.74) is -0.216. The molecule has 2 aromatic carbocycles. The van der Waals surface area contributed by atoms with Crippen LogP contribution in [-0.4, -0.2) is 43.0 Å². The lowest BCUT2D eigenvalue weighted by molar-refractivity contribution is -0.136. The molecule has 0 fully saturated rings. The van der Waals surface area contributed by atoms with E-state index in [4.69, 9.17) is 16.7 Å². The smallest absolute Gasteiger partial charge is 0.337 e. The molecule has 0 radical (unpaired) electrons. The lowest BCUT2D eigenvalue weighted by Gasteiger charge is -2.12. The number of carbonyl (C=O) groups excluding carboxylic acids is 1. The summed E-state index contributed by atoms with van der Waals surface area (Å²) in [6, 6.07) is 9.21. The molecule has 0 saturated carbocycles. The molecule has 11 heteroatoms. The number of hydrogen-bond donors (Lipinski definition) is 4. The van der Waals surface area contributed by atoms with Crippen LogP contribution < -0.4 is 10.0 Å². The minimum atomic E-state index is -4.32. The van der Waals surface area contributed by atoms with E-state index in [1.165, 1.54) is 30.3 Å². The number of carboxylic acids is 2. The molecule has 4 N–H and O–H groups in total. The van der Waals surface area contributed by atoms with Crippen molar-refractivity contribution in [2.24, 2.45) is 0 Å². The molecule has 2 rings (SSSR count). The van der Waals surface area contributed by atoms with Crippen molar-refractivity contribution in [2.45, 2.75) is 11.3 Å². The molecule has 9 nitrogen and oxygen atoms in total. The quantitative estimate of drug-likeness (QED) is 0.504. The van der Waals surface area contributed by atoms with Gasteiger partial charge in [0.25, 0.3) is 5.91 Å². The molecule has 1 amide bonds. The standard InChI is InChI=1S/C17H15ClN2O7S/c18-11-3-1-10(2-4-11)16(23)20-12-5-6-13(17(24)25)14(9-12)28(26,27)19-8-7-15(21)22/h1-6,9,19H,7-8H2,(H,20,23)(H,21,22)(H,24,25). The van der Waals surface area contributed by atoms with E-state index in [1.807, 2.05) is 4.72 Å². The molecule has 0 bridgehead atoms. The second-order valence-corrected chi connectivity index (χ2v) is 7.69. The van der Waals surface area contributed by atoms with Crippen LogP contribution in [0.25, 0.3) is 0 Å². The summed E-state index contributed by atoms with van der Waals surface area (Å²) in [4.78, 5) is 33.5. The first-order valence-corrected chi connectivity index (χ1v) is 9.62. The predicted octanol–water partition coefficient (Wildman–Crippen LogP) is 2.04. The van der Waals surface area contributed by atoms with Crippen LogP contribution >= 0.6 is 11.6 Å². The number of hydrogen-bond acceptors (Lipinski definition) is 5. The predicted molar refractivity (Wildman–Crippen MR) is 100 cm³/mol. The second-order valence-electron chi connectivity index (χ2n) is 5.52. The highest BCUT2D eigenvalue weighted by molar-refractivity contribution is 7.89. The van der Waals surface area contributed by atoms with Crippen LogP contribution in [0.4, 0.5) is 5.69 Å². The van der Waals surface area contributed by atoms with Crippen LogP contribution in [0, 0.1) is 0 Å². The average Bonchev–Trinajstić information content (AvgIpc) is 2.61. The maximum atomic E-state index is 12.4. The van der Waals surface area contributed by atoms with Gasteiger partial charge in [-0.25, -0.2) is 17.9 Å². The van der Waals surface area contributed by atoms with E-state index in [-0.39, 0.29) is 11.3 Å². The number of halogens is 1. The first kappa shape index (κ1) is 21.4. The molecular weight excluding hydrogens is 412 g/mol. The summed E-state index contributed by atoms with van der Waals surface area (Å²) in [7, 11) is -4.32. The number of benzene rings is 2. The maximum Gasteiger partial charge on any atom is 0.337 e. The van der Waals surface area contributed by atoms with E-state index < -0.39 is 51.3 Å². The molecule has 0 aliphatic heterocycles. The van der Waals surface area contributed by atoms with Gasteiger partial charge in [0.15, 0.2) is 0 Å². The van der Waals surface area contributed by atoms with Gasteiger partial charge in [-0.15, -0.1) is 0 Å². The SMILES string of the molecule is O=C(O)CCNS(=O)(=O)c1cc(NC(=O)c2ccc(Cl)cc2)ccc1C(=O)O. The molecule has 0 unspecified atom stereocenters. The first-order chi connectivity index (χ1) is 13.1. The Morgan fingerprint density at radius 2 is 1.64 bits per heavy atom. The number of carboxylic acid groups (broad SMARTS) is 2. The van der Waals surface area contributed by atoms with E-state index in [1.54, 1.807) is 0 Å². The lowest BCUT2D eigenvalue weighted by atomic mass is 10.2. The van der Waals surface area contributed by atoms with Crippen molar-refractivity contribution in [1.29, 1.82) is 0 Å². The van der Waals surface area contributed by atoms with Gasteiger partial charge in [-0.05, 0) is 42.5 Å². The zero-order valence-electron chi connectivity index (χ0n) is 14.2. The Kier molecular flexibility index (Phi) is 6.73. The number of aliphatic carboxylic acids is 1. The van der Waals surface area contributed by atoms with Crippen molar-refractivity contribution < 1.29 is 33.0 Å². The Morgan fingerprint density at radius 1 is 1.00 bits per heavy atom. The van der Waals surface area contributed by atoms with Gasteiger partial charge in [0.2, 0.25) is 10.0 Å². The number of sulfonamides is 1. The fraction of sp³-hybridized carbons (Fsp3) is 0.118. The van der Waals surface area contributed by atoms with E-state index in [0.717, 1.165) is 12.1 Å². The summed E-state index contributed by atoms with van der Waals surface area (Å²) < 4.78 is 26.8. The van der Waals surface area contributed by atoms with Crippen molar-refractivity contribution in [3.05, 3.63) is 58.6 Å². The fourth-order valence-electron chi connectivity index (χ4n) is 2.17. The summed E-state index contributed by atoms with van der Waals surface area (Å²) in [5, 5.41) is 20.7. The van der Waals surface area contributed by atoms with Crippen molar-refractivity contribution in [2.75, 3.05) is 11.9 Å². The second kappa shape index (κ2) is 8.83. The van der Waals surface area contributed by atoms with Gasteiger partial charge < -0.3 is 15.5 Å². The van der Waals surface area contributed by atoms with Crippen LogP contribution in [0.3, 0.4) is 0 Å². The molecule has 2 aromatic rings. The van der Waals surface area contributed by atoms with Gasteiger partial charge in [0.1, 0.15) is 0 Å². The zero-order valence-corrected chi connectivity index (χ0v) is 15.7. The fourth-order valence-corrected chi connectivity index (χ4v) is 3.55. The minimum Gasteiger partial charge on any atom is -0.481 e. The third-order valence-corrected chi connectivity index (χ3v) is 5.25. The molecular formula is C17H15ClN2O7S. The maximum absolute atomic E-state index is 12.4.